The fraction of sp³-hybridized carbons (Fsp3) is 0.211. The van der Waals surface area contributed by atoms with Crippen LogP contribution in [0.15, 0.2) is 42.9 Å². The number of hydrogen-bond donors (Lipinski definition) is 2. The van der Waals surface area contributed by atoms with Gasteiger partial charge in [-0.05, 0) is 24.3 Å². The van der Waals surface area contributed by atoms with Crippen molar-refractivity contribution in [3.63, 3.8) is 0 Å². The fourth-order valence-corrected chi connectivity index (χ4v) is 3.56. The molecule has 0 fully saturated rings. The van der Waals surface area contributed by atoms with Crippen LogP contribution < -0.4 is 10.0 Å². The van der Waals surface area contributed by atoms with Crippen LogP contribution in [-0.4, -0.2) is 42.2 Å². The van der Waals surface area contributed by atoms with Gasteiger partial charge in [-0.3, -0.25) is 9.52 Å². The zero-order valence-electron chi connectivity index (χ0n) is 16.5. The van der Waals surface area contributed by atoms with E-state index in [0.717, 1.165) is 11.8 Å². The number of carbonyl (C=O) groups excluding carboxylic acids is 1. The van der Waals surface area contributed by atoms with Gasteiger partial charge in [0.1, 0.15) is 0 Å². The SMILES string of the molecule is COCc1cnc(-c2cc(C(=O)Nc3cc(Cl)cc(NS(C)(=O)=O)c3)cn2C)nc1. The molecule has 2 N–H and O–H groups in total. The predicted molar refractivity (Wildman–Crippen MR) is 115 cm³/mol. The summed E-state index contributed by atoms with van der Waals surface area (Å²) < 4.78 is 32.0. The molecule has 2 aromatic heterocycles. The van der Waals surface area contributed by atoms with Crippen molar-refractivity contribution in [3.05, 3.63) is 59.0 Å². The maximum atomic E-state index is 12.7. The van der Waals surface area contributed by atoms with Crippen LogP contribution in [0.1, 0.15) is 15.9 Å². The molecule has 9 nitrogen and oxygen atoms in total. The zero-order chi connectivity index (χ0) is 21.9. The Morgan fingerprint density at radius 1 is 1.17 bits per heavy atom. The summed E-state index contributed by atoms with van der Waals surface area (Å²) in [7, 11) is -0.100. The number of aryl methyl sites for hydroxylation is 1. The van der Waals surface area contributed by atoms with Crippen molar-refractivity contribution in [2.45, 2.75) is 6.61 Å². The Morgan fingerprint density at radius 3 is 2.47 bits per heavy atom. The van der Waals surface area contributed by atoms with E-state index in [1.165, 1.54) is 18.2 Å². The van der Waals surface area contributed by atoms with Crippen LogP contribution in [0.5, 0.6) is 0 Å². The number of hydrogen-bond acceptors (Lipinski definition) is 6. The summed E-state index contributed by atoms with van der Waals surface area (Å²) in [4.78, 5) is 21.3. The molecule has 0 spiro atoms. The van der Waals surface area contributed by atoms with Crippen molar-refractivity contribution >= 4 is 38.9 Å². The van der Waals surface area contributed by atoms with Gasteiger partial charge >= 0.3 is 0 Å². The molecule has 0 atom stereocenters. The Kier molecular flexibility index (Phi) is 6.40. The average Bonchev–Trinajstić information content (AvgIpc) is 3.02. The van der Waals surface area contributed by atoms with Gasteiger partial charge in [-0.2, -0.15) is 0 Å². The molecule has 11 heteroatoms. The van der Waals surface area contributed by atoms with E-state index in [1.807, 2.05) is 0 Å². The first-order chi connectivity index (χ1) is 14.1. The number of nitrogens with zero attached hydrogens (tertiary/aromatic N) is 3. The van der Waals surface area contributed by atoms with Crippen LogP contribution in [0.4, 0.5) is 11.4 Å². The van der Waals surface area contributed by atoms with Crippen molar-refractivity contribution in [2.24, 2.45) is 7.05 Å². The lowest BCUT2D eigenvalue weighted by Crippen LogP contribution is -2.13. The van der Waals surface area contributed by atoms with E-state index >= 15 is 0 Å². The third kappa shape index (κ3) is 5.56. The number of sulfonamides is 1. The molecule has 0 aliphatic heterocycles. The lowest BCUT2D eigenvalue weighted by atomic mass is 10.2. The summed E-state index contributed by atoms with van der Waals surface area (Å²) in [6.45, 7) is 0.414. The maximum absolute atomic E-state index is 12.7. The highest BCUT2D eigenvalue weighted by molar-refractivity contribution is 7.92. The molecular weight excluding hydrogens is 430 g/mol. The van der Waals surface area contributed by atoms with Gasteiger partial charge in [-0.15, -0.1) is 0 Å². The van der Waals surface area contributed by atoms with E-state index in [4.69, 9.17) is 16.3 Å². The summed E-state index contributed by atoms with van der Waals surface area (Å²) in [6, 6.07) is 6.12. The molecule has 30 heavy (non-hydrogen) atoms. The van der Waals surface area contributed by atoms with Crippen LogP contribution >= 0.6 is 11.6 Å². The molecule has 0 saturated heterocycles. The maximum Gasteiger partial charge on any atom is 0.257 e. The summed E-state index contributed by atoms with van der Waals surface area (Å²) in [5, 5.41) is 2.99. The van der Waals surface area contributed by atoms with Gasteiger partial charge < -0.3 is 14.6 Å². The highest BCUT2D eigenvalue weighted by Gasteiger charge is 2.15. The van der Waals surface area contributed by atoms with Gasteiger partial charge in [0, 0.05) is 49.0 Å². The van der Waals surface area contributed by atoms with E-state index in [9.17, 15) is 13.2 Å². The highest BCUT2D eigenvalue weighted by Crippen LogP contribution is 2.25. The number of amides is 1. The number of carbonyl (C=O) groups is 1. The lowest BCUT2D eigenvalue weighted by Gasteiger charge is -2.09. The van der Waals surface area contributed by atoms with Crippen molar-refractivity contribution in [1.82, 2.24) is 14.5 Å². The molecule has 2 heterocycles. The predicted octanol–water partition coefficient (Wildman–Crippen LogP) is 2.91. The second-order valence-electron chi connectivity index (χ2n) is 6.63. The summed E-state index contributed by atoms with van der Waals surface area (Å²) in [5.41, 5.74) is 2.49. The Bertz CT molecular complexity index is 1180. The number of nitrogens with one attached hydrogen (secondary N) is 2. The van der Waals surface area contributed by atoms with E-state index < -0.39 is 10.0 Å². The molecule has 0 unspecified atom stereocenters. The van der Waals surface area contributed by atoms with E-state index in [2.05, 4.69) is 20.0 Å². The monoisotopic (exact) mass is 449 g/mol. The molecular formula is C19H20ClN5O4S. The van der Waals surface area contributed by atoms with Crippen LogP contribution in [-0.2, 0) is 28.4 Å². The molecule has 3 rings (SSSR count). The van der Waals surface area contributed by atoms with Crippen LogP contribution in [0, 0.1) is 0 Å². The van der Waals surface area contributed by atoms with Gasteiger partial charge in [-0.25, -0.2) is 18.4 Å². The number of ether oxygens (including phenoxy) is 1. The third-order valence-electron chi connectivity index (χ3n) is 3.97. The quantitative estimate of drug-likeness (QED) is 0.573. The molecule has 0 radical (unpaired) electrons. The number of benzene rings is 1. The Balaban J connectivity index is 1.81. The first-order valence-corrected chi connectivity index (χ1v) is 11.0. The second-order valence-corrected chi connectivity index (χ2v) is 8.81. The van der Waals surface area contributed by atoms with Crippen LogP contribution in [0.3, 0.4) is 0 Å². The topological polar surface area (TPSA) is 115 Å². The number of aromatic nitrogens is 3. The molecule has 0 bridgehead atoms. The van der Waals surface area contributed by atoms with Gasteiger partial charge in [0.2, 0.25) is 10.0 Å². The smallest absolute Gasteiger partial charge is 0.257 e. The number of rotatable bonds is 7. The van der Waals surface area contributed by atoms with Crippen molar-refractivity contribution in [3.8, 4) is 11.5 Å². The number of halogens is 1. The minimum Gasteiger partial charge on any atom is -0.380 e. The molecule has 158 valence electrons. The molecule has 3 aromatic rings. The van der Waals surface area contributed by atoms with Gasteiger partial charge in [-0.1, -0.05) is 11.6 Å². The second kappa shape index (κ2) is 8.82. The van der Waals surface area contributed by atoms with Crippen LogP contribution in [0.2, 0.25) is 5.02 Å². The van der Waals surface area contributed by atoms with E-state index in [1.54, 1.807) is 43.4 Å². The summed E-state index contributed by atoms with van der Waals surface area (Å²) >= 11 is 6.04. The van der Waals surface area contributed by atoms with Crippen LogP contribution in [0.25, 0.3) is 11.5 Å². The Morgan fingerprint density at radius 2 is 1.83 bits per heavy atom. The minimum absolute atomic E-state index is 0.249. The summed E-state index contributed by atoms with van der Waals surface area (Å²) in [6.07, 6.45) is 6.01. The third-order valence-corrected chi connectivity index (χ3v) is 4.80. The molecule has 1 aromatic carbocycles. The summed E-state index contributed by atoms with van der Waals surface area (Å²) in [5.74, 6) is 0.0826. The standard InChI is InChI=1S/C19H20ClN5O4S/c1-25-10-13(4-17(25)18-21-8-12(9-22-18)11-29-2)19(26)23-15-5-14(20)6-16(7-15)24-30(3,27)28/h4-10,24H,11H2,1-3H3,(H,23,26). The van der Waals surface area contributed by atoms with Crippen molar-refractivity contribution in [1.29, 1.82) is 0 Å². The normalized spacial score (nSPS) is 11.3. The number of methoxy groups -OCH3 is 1. The van der Waals surface area contributed by atoms with Gasteiger partial charge in [0.15, 0.2) is 5.82 Å². The first kappa shape index (κ1) is 21.8. The Hall–Kier alpha value is -2.95. The molecule has 0 saturated carbocycles. The first-order valence-electron chi connectivity index (χ1n) is 8.71. The lowest BCUT2D eigenvalue weighted by molar-refractivity contribution is 0.102. The van der Waals surface area contributed by atoms with Crippen molar-refractivity contribution < 1.29 is 17.9 Å². The average molecular weight is 450 g/mol. The largest absolute Gasteiger partial charge is 0.380 e. The van der Waals surface area contributed by atoms with E-state index in [0.29, 0.717) is 29.4 Å². The fourth-order valence-electron chi connectivity index (χ4n) is 2.78. The van der Waals surface area contributed by atoms with Gasteiger partial charge in [0.05, 0.1) is 29.8 Å². The zero-order valence-corrected chi connectivity index (χ0v) is 18.1. The number of anilines is 2. The van der Waals surface area contributed by atoms with Crippen molar-refractivity contribution in [2.75, 3.05) is 23.4 Å². The van der Waals surface area contributed by atoms with E-state index in [-0.39, 0.29) is 16.6 Å². The van der Waals surface area contributed by atoms with Gasteiger partial charge in [0.25, 0.3) is 5.91 Å². The highest BCUT2D eigenvalue weighted by atomic mass is 35.5. The molecule has 0 aliphatic carbocycles. The molecule has 0 aliphatic rings. The Labute approximate surface area is 179 Å². The minimum atomic E-state index is -3.48. The molecule has 1 amide bonds.